The molecule has 1 aromatic heterocycles. The van der Waals surface area contributed by atoms with Gasteiger partial charge in [0.05, 0.1) is 18.3 Å². The van der Waals surface area contributed by atoms with Crippen molar-refractivity contribution in [1.29, 1.82) is 0 Å². The quantitative estimate of drug-likeness (QED) is 0.804. The zero-order valence-electron chi connectivity index (χ0n) is 16.9. The van der Waals surface area contributed by atoms with E-state index in [4.69, 9.17) is 4.74 Å². The third-order valence-corrected chi connectivity index (χ3v) is 6.52. The van der Waals surface area contributed by atoms with Crippen LogP contribution in [0.25, 0.3) is 0 Å². The Kier molecular flexibility index (Phi) is 4.97. The van der Waals surface area contributed by atoms with Gasteiger partial charge in [-0.1, -0.05) is 18.2 Å². The Morgan fingerprint density at radius 2 is 1.97 bits per heavy atom. The smallest absolute Gasteiger partial charge is 0.244 e. The molecule has 0 saturated carbocycles. The van der Waals surface area contributed by atoms with E-state index in [-0.39, 0.29) is 18.1 Å². The van der Waals surface area contributed by atoms with Crippen molar-refractivity contribution in [3.63, 3.8) is 0 Å². The van der Waals surface area contributed by atoms with E-state index >= 15 is 0 Å². The molecule has 1 amide bonds. The number of aromatic nitrogens is 1. The number of ether oxygens (including phenoxy) is 1. The number of carbonyl (C=O) groups excluding carboxylic acids is 1. The fourth-order valence-electron chi connectivity index (χ4n) is 4.97. The van der Waals surface area contributed by atoms with Crippen LogP contribution in [0.5, 0.6) is 5.75 Å². The highest BCUT2D eigenvalue weighted by Gasteiger charge is 2.45. The topological polar surface area (TPSA) is 48.9 Å². The standard InChI is InChI=1S/C23H28N4O2/c1-25-11-8-18(9-12-25)26-16-19-13-21(26)23(28)27(15-17-5-4-10-24-14-17)20-6-2-3-7-22(20)29-19/h2-7,10,14,18-19,21H,8-9,11-13,15-16H2,1H3/t19-,21-/m0/s1. The van der Waals surface area contributed by atoms with Crippen molar-refractivity contribution < 1.29 is 9.53 Å². The van der Waals surface area contributed by atoms with Crippen LogP contribution in [0.15, 0.2) is 48.8 Å². The molecule has 2 fully saturated rings. The van der Waals surface area contributed by atoms with Crippen molar-refractivity contribution in [2.75, 3.05) is 31.6 Å². The highest BCUT2D eigenvalue weighted by Crippen LogP contribution is 2.38. The van der Waals surface area contributed by atoms with E-state index in [1.807, 2.05) is 47.5 Å². The molecule has 2 atom stereocenters. The molecule has 0 radical (unpaired) electrons. The maximum atomic E-state index is 13.8. The number of anilines is 1. The highest BCUT2D eigenvalue weighted by atomic mass is 16.5. The average molecular weight is 393 g/mol. The number of carbonyl (C=O) groups is 1. The summed E-state index contributed by atoms with van der Waals surface area (Å²) in [6.45, 7) is 3.52. The molecular formula is C23H28N4O2. The van der Waals surface area contributed by atoms with Gasteiger partial charge < -0.3 is 14.5 Å². The first-order valence-electron chi connectivity index (χ1n) is 10.6. The molecule has 6 heteroatoms. The first-order valence-corrected chi connectivity index (χ1v) is 10.6. The van der Waals surface area contributed by atoms with Gasteiger partial charge in [0.2, 0.25) is 5.91 Å². The molecule has 3 aliphatic heterocycles. The van der Waals surface area contributed by atoms with Gasteiger partial charge in [0.15, 0.2) is 0 Å². The zero-order valence-corrected chi connectivity index (χ0v) is 16.9. The lowest BCUT2D eigenvalue weighted by molar-refractivity contribution is -0.124. The van der Waals surface area contributed by atoms with Crippen LogP contribution in [0.3, 0.4) is 0 Å². The number of piperidine rings is 1. The molecule has 2 aromatic rings. The van der Waals surface area contributed by atoms with Crippen LogP contribution in [0.4, 0.5) is 5.69 Å². The number of benzene rings is 1. The number of likely N-dealkylation sites (tertiary alicyclic amines) is 2. The van der Waals surface area contributed by atoms with E-state index in [9.17, 15) is 4.79 Å². The van der Waals surface area contributed by atoms with Gasteiger partial charge in [-0.3, -0.25) is 14.7 Å². The molecule has 29 heavy (non-hydrogen) atoms. The first-order chi connectivity index (χ1) is 14.2. The minimum Gasteiger partial charge on any atom is -0.487 e. The predicted molar refractivity (Wildman–Crippen MR) is 112 cm³/mol. The summed E-state index contributed by atoms with van der Waals surface area (Å²) in [5.74, 6) is 0.990. The second-order valence-electron chi connectivity index (χ2n) is 8.48. The second-order valence-corrected chi connectivity index (χ2v) is 8.48. The highest BCUT2D eigenvalue weighted by molar-refractivity contribution is 5.99. The Bertz CT molecular complexity index is 866. The summed E-state index contributed by atoms with van der Waals surface area (Å²) in [7, 11) is 2.18. The lowest BCUT2D eigenvalue weighted by Gasteiger charge is -2.38. The van der Waals surface area contributed by atoms with Gasteiger partial charge in [0.25, 0.3) is 0 Å². The maximum Gasteiger partial charge on any atom is 0.244 e. The van der Waals surface area contributed by atoms with Crippen molar-refractivity contribution in [2.24, 2.45) is 0 Å². The summed E-state index contributed by atoms with van der Waals surface area (Å²) in [5, 5.41) is 0. The Hall–Kier alpha value is -2.44. The van der Waals surface area contributed by atoms with Crippen LogP contribution < -0.4 is 9.64 Å². The van der Waals surface area contributed by atoms with Crippen LogP contribution in [-0.2, 0) is 11.3 Å². The minimum atomic E-state index is -0.113. The van der Waals surface area contributed by atoms with Crippen LogP contribution >= 0.6 is 0 Å². The molecule has 0 spiro atoms. The van der Waals surface area contributed by atoms with Gasteiger partial charge in [-0.05, 0) is 56.7 Å². The van der Waals surface area contributed by atoms with E-state index in [0.717, 1.165) is 55.9 Å². The van der Waals surface area contributed by atoms with E-state index < -0.39 is 0 Å². The normalized spacial score (nSPS) is 26.0. The number of hydrogen-bond acceptors (Lipinski definition) is 5. The van der Waals surface area contributed by atoms with E-state index in [1.165, 1.54) is 0 Å². The van der Waals surface area contributed by atoms with Gasteiger partial charge in [-0.15, -0.1) is 0 Å². The van der Waals surface area contributed by atoms with Crippen molar-refractivity contribution in [2.45, 2.75) is 44.0 Å². The van der Waals surface area contributed by atoms with Crippen molar-refractivity contribution in [3.8, 4) is 5.75 Å². The summed E-state index contributed by atoms with van der Waals surface area (Å²) >= 11 is 0. The molecule has 152 valence electrons. The van der Waals surface area contributed by atoms with Crippen molar-refractivity contribution in [3.05, 3.63) is 54.4 Å². The lowest BCUT2D eigenvalue weighted by Crippen LogP contribution is -2.51. The number of rotatable bonds is 3. The number of hydrogen-bond donors (Lipinski definition) is 0. The van der Waals surface area contributed by atoms with E-state index in [2.05, 4.69) is 21.8 Å². The molecule has 0 aliphatic carbocycles. The third kappa shape index (κ3) is 3.63. The third-order valence-electron chi connectivity index (χ3n) is 6.52. The average Bonchev–Trinajstić information content (AvgIpc) is 3.18. The molecule has 5 rings (SSSR count). The lowest BCUT2D eigenvalue weighted by atomic mass is 10.0. The number of fused-ring (bicyclic) bond motifs is 3. The number of pyridine rings is 1. The van der Waals surface area contributed by atoms with Crippen LogP contribution in [0, 0.1) is 0 Å². The van der Waals surface area contributed by atoms with E-state index in [0.29, 0.717) is 12.6 Å². The fourth-order valence-corrected chi connectivity index (χ4v) is 4.97. The zero-order chi connectivity index (χ0) is 19.8. The van der Waals surface area contributed by atoms with Gasteiger partial charge in [-0.25, -0.2) is 0 Å². The Morgan fingerprint density at radius 1 is 1.14 bits per heavy atom. The number of nitrogens with zero attached hydrogens (tertiary/aromatic N) is 4. The summed E-state index contributed by atoms with van der Waals surface area (Å²) in [5.41, 5.74) is 1.89. The molecular weight excluding hydrogens is 364 g/mol. The van der Waals surface area contributed by atoms with Gasteiger partial charge in [-0.2, -0.15) is 0 Å². The molecule has 2 saturated heterocycles. The van der Waals surface area contributed by atoms with Crippen LogP contribution in [-0.4, -0.2) is 65.6 Å². The van der Waals surface area contributed by atoms with Gasteiger partial charge in [0, 0.05) is 31.4 Å². The van der Waals surface area contributed by atoms with Crippen molar-refractivity contribution >= 4 is 11.6 Å². The summed E-state index contributed by atoms with van der Waals surface area (Å²) < 4.78 is 6.42. The molecule has 2 bridgehead atoms. The van der Waals surface area contributed by atoms with Gasteiger partial charge >= 0.3 is 0 Å². The summed E-state index contributed by atoms with van der Waals surface area (Å²) in [4.78, 5) is 24.8. The maximum absolute atomic E-state index is 13.8. The second kappa shape index (κ2) is 7.76. The predicted octanol–water partition coefficient (Wildman–Crippen LogP) is 2.54. The first kappa shape index (κ1) is 18.6. The number of amides is 1. The van der Waals surface area contributed by atoms with Crippen molar-refractivity contribution in [1.82, 2.24) is 14.8 Å². The molecule has 4 heterocycles. The molecule has 3 aliphatic rings. The monoisotopic (exact) mass is 392 g/mol. The number of para-hydroxylation sites is 2. The summed E-state index contributed by atoms with van der Waals surface area (Å²) in [6, 6.07) is 12.2. The Balaban J connectivity index is 1.48. The molecule has 1 aromatic carbocycles. The Labute approximate surface area is 172 Å². The van der Waals surface area contributed by atoms with Crippen LogP contribution in [0.2, 0.25) is 0 Å². The fraction of sp³-hybridized carbons (Fsp3) is 0.478. The van der Waals surface area contributed by atoms with Gasteiger partial charge in [0.1, 0.15) is 11.9 Å². The van der Waals surface area contributed by atoms with Crippen LogP contribution in [0.1, 0.15) is 24.8 Å². The molecule has 6 nitrogen and oxygen atoms in total. The van der Waals surface area contributed by atoms with E-state index in [1.54, 1.807) is 6.20 Å². The molecule has 0 N–H and O–H groups in total. The Morgan fingerprint density at radius 3 is 2.76 bits per heavy atom. The molecule has 0 unspecified atom stereocenters. The summed E-state index contributed by atoms with van der Waals surface area (Å²) in [6.07, 6.45) is 6.67. The largest absolute Gasteiger partial charge is 0.487 e. The minimum absolute atomic E-state index is 0.0744. The SMILES string of the molecule is CN1CCC(N2C[C@@H]3C[C@H]2C(=O)N(Cc2cccnc2)c2ccccc2O3)CC1.